The lowest BCUT2D eigenvalue weighted by Gasteiger charge is -2.45. The molecule has 6 heteroatoms. The first-order chi connectivity index (χ1) is 9.53. The number of aryl methyl sites for hydroxylation is 1. The normalized spacial score (nSPS) is 25.3. The van der Waals surface area contributed by atoms with Gasteiger partial charge in [0.05, 0.1) is 12.2 Å². The molecule has 20 heavy (non-hydrogen) atoms. The number of piperazine rings is 1. The van der Waals surface area contributed by atoms with Crippen LogP contribution < -0.4 is 5.32 Å². The second-order valence-electron chi connectivity index (χ2n) is 5.84. The summed E-state index contributed by atoms with van der Waals surface area (Å²) in [5, 5.41) is 7.16. The van der Waals surface area contributed by atoms with Gasteiger partial charge in [0, 0.05) is 13.2 Å². The first-order valence-electron chi connectivity index (χ1n) is 7.14. The molecule has 108 valence electrons. The van der Waals surface area contributed by atoms with Crippen LogP contribution in [0.3, 0.4) is 0 Å². The molecule has 0 bridgehead atoms. The smallest absolute Gasteiger partial charge is 0.246 e. The predicted molar refractivity (Wildman–Crippen MR) is 72.6 cm³/mol. The summed E-state index contributed by atoms with van der Waals surface area (Å²) in [7, 11) is 1.85. The van der Waals surface area contributed by atoms with E-state index in [2.05, 4.69) is 10.4 Å². The molecule has 1 unspecified atom stereocenters. The van der Waals surface area contributed by atoms with Crippen molar-refractivity contribution >= 4 is 11.8 Å². The van der Waals surface area contributed by atoms with Crippen molar-refractivity contribution in [2.75, 3.05) is 0 Å². The average Bonchev–Trinajstić information content (AvgIpc) is 3.03. The van der Waals surface area contributed by atoms with E-state index in [-0.39, 0.29) is 11.8 Å². The minimum absolute atomic E-state index is 0.00182. The lowest BCUT2D eigenvalue weighted by atomic mass is 9.89. The van der Waals surface area contributed by atoms with Crippen molar-refractivity contribution in [2.24, 2.45) is 7.05 Å². The Bertz CT molecular complexity index is 545. The second kappa shape index (κ2) is 4.61. The van der Waals surface area contributed by atoms with Gasteiger partial charge in [0.25, 0.3) is 0 Å². The number of aromatic nitrogens is 2. The summed E-state index contributed by atoms with van der Waals surface area (Å²) < 4.78 is 1.72. The van der Waals surface area contributed by atoms with Gasteiger partial charge in [-0.15, -0.1) is 0 Å². The number of carbonyl (C=O) groups excluding carboxylic acids is 2. The molecule has 1 atom stereocenters. The highest BCUT2D eigenvalue weighted by Crippen LogP contribution is 2.38. The first-order valence-corrected chi connectivity index (χ1v) is 7.14. The summed E-state index contributed by atoms with van der Waals surface area (Å²) in [5.41, 5.74) is 0.176. The molecule has 1 aromatic heterocycles. The third kappa shape index (κ3) is 1.90. The molecule has 2 fully saturated rings. The summed E-state index contributed by atoms with van der Waals surface area (Å²) in [4.78, 5) is 26.7. The van der Waals surface area contributed by atoms with Crippen LogP contribution in [0.15, 0.2) is 12.3 Å². The molecular weight excluding hydrogens is 256 g/mol. The van der Waals surface area contributed by atoms with E-state index in [9.17, 15) is 9.59 Å². The van der Waals surface area contributed by atoms with Gasteiger partial charge in [-0.2, -0.15) is 5.10 Å². The fourth-order valence-corrected chi connectivity index (χ4v) is 3.36. The van der Waals surface area contributed by atoms with Crippen molar-refractivity contribution in [3.05, 3.63) is 18.0 Å². The van der Waals surface area contributed by atoms with Crippen LogP contribution >= 0.6 is 0 Å². The highest BCUT2D eigenvalue weighted by atomic mass is 16.2. The maximum atomic E-state index is 12.5. The molecule has 1 aliphatic heterocycles. The molecule has 2 aliphatic rings. The van der Waals surface area contributed by atoms with Crippen LogP contribution in [0.1, 0.15) is 38.3 Å². The largest absolute Gasteiger partial charge is 0.343 e. The number of rotatable bonds is 2. The molecule has 1 N–H and O–H groups in total. The predicted octanol–water partition coefficient (Wildman–Crippen LogP) is 0.580. The Hall–Kier alpha value is -1.85. The third-order valence-electron chi connectivity index (χ3n) is 4.44. The van der Waals surface area contributed by atoms with Gasteiger partial charge in [0.1, 0.15) is 11.6 Å². The van der Waals surface area contributed by atoms with E-state index in [4.69, 9.17) is 0 Å². The monoisotopic (exact) mass is 276 g/mol. The molecule has 1 spiro atoms. The summed E-state index contributed by atoms with van der Waals surface area (Å²) in [6.45, 7) is 2.16. The zero-order valence-electron chi connectivity index (χ0n) is 11.9. The fraction of sp³-hybridized carbons (Fsp3) is 0.643. The molecule has 1 aliphatic carbocycles. The molecule has 1 saturated heterocycles. The molecule has 3 rings (SSSR count). The Morgan fingerprint density at radius 2 is 2.10 bits per heavy atom. The Balaban J connectivity index is 1.93. The maximum Gasteiger partial charge on any atom is 0.246 e. The van der Waals surface area contributed by atoms with Gasteiger partial charge in [-0.3, -0.25) is 14.3 Å². The van der Waals surface area contributed by atoms with E-state index in [1.165, 1.54) is 0 Å². The number of nitrogens with zero attached hydrogens (tertiary/aromatic N) is 3. The summed E-state index contributed by atoms with van der Waals surface area (Å²) in [6, 6.07) is 1.45. The molecule has 6 nitrogen and oxygen atoms in total. The van der Waals surface area contributed by atoms with E-state index in [1.54, 1.807) is 16.5 Å². The lowest BCUT2D eigenvalue weighted by molar-refractivity contribution is -0.157. The van der Waals surface area contributed by atoms with Crippen LogP contribution in [0.4, 0.5) is 0 Å². The Kier molecular flexibility index (Phi) is 3.03. The van der Waals surface area contributed by atoms with Crippen LogP contribution in [-0.2, 0) is 23.2 Å². The van der Waals surface area contributed by atoms with Gasteiger partial charge in [0.15, 0.2) is 0 Å². The number of carbonyl (C=O) groups is 2. The molecule has 2 amide bonds. The molecule has 0 radical (unpaired) electrons. The van der Waals surface area contributed by atoms with Crippen molar-refractivity contribution in [3.8, 4) is 0 Å². The standard InChI is InChI=1S/C14H20N4O2/c1-10-12(19)18(9-11-5-8-17(2)16-11)14(13(20)15-10)6-3-4-7-14/h5,8,10H,3-4,6-7,9H2,1-2H3,(H,15,20). The molecule has 1 aromatic rings. The molecule has 0 aromatic carbocycles. The van der Waals surface area contributed by atoms with E-state index < -0.39 is 11.6 Å². The van der Waals surface area contributed by atoms with E-state index in [1.807, 2.05) is 19.3 Å². The van der Waals surface area contributed by atoms with Crippen molar-refractivity contribution in [2.45, 2.75) is 50.7 Å². The van der Waals surface area contributed by atoms with Gasteiger partial charge >= 0.3 is 0 Å². The number of nitrogens with one attached hydrogen (secondary N) is 1. The van der Waals surface area contributed by atoms with E-state index in [0.29, 0.717) is 6.54 Å². The Labute approximate surface area is 118 Å². The second-order valence-corrected chi connectivity index (χ2v) is 5.84. The van der Waals surface area contributed by atoms with Crippen LogP contribution in [0.25, 0.3) is 0 Å². The quantitative estimate of drug-likeness (QED) is 0.859. The first kappa shape index (κ1) is 13.1. The van der Waals surface area contributed by atoms with Gasteiger partial charge in [0.2, 0.25) is 11.8 Å². The maximum absolute atomic E-state index is 12.5. The van der Waals surface area contributed by atoms with Gasteiger partial charge in [-0.1, -0.05) is 12.8 Å². The van der Waals surface area contributed by atoms with Crippen molar-refractivity contribution in [1.82, 2.24) is 20.0 Å². The average molecular weight is 276 g/mol. The number of hydrogen-bond acceptors (Lipinski definition) is 3. The fourth-order valence-electron chi connectivity index (χ4n) is 3.36. The molecule has 1 saturated carbocycles. The van der Waals surface area contributed by atoms with Crippen molar-refractivity contribution in [1.29, 1.82) is 0 Å². The highest BCUT2D eigenvalue weighted by molar-refractivity contribution is 5.99. The highest BCUT2D eigenvalue weighted by Gasteiger charge is 2.52. The minimum atomic E-state index is -0.652. The SMILES string of the molecule is CC1NC(=O)C2(CCCC2)N(Cc2ccn(C)n2)C1=O. The summed E-state index contributed by atoms with van der Waals surface area (Å²) in [5.74, 6) is -0.00446. The van der Waals surface area contributed by atoms with Gasteiger partial charge in [-0.05, 0) is 25.8 Å². The summed E-state index contributed by atoms with van der Waals surface area (Å²) in [6.07, 6.45) is 5.35. The molecular formula is C14H20N4O2. The van der Waals surface area contributed by atoms with Crippen molar-refractivity contribution < 1.29 is 9.59 Å². The third-order valence-corrected chi connectivity index (χ3v) is 4.44. The van der Waals surface area contributed by atoms with E-state index >= 15 is 0 Å². The van der Waals surface area contributed by atoms with Crippen LogP contribution in [0, 0.1) is 0 Å². The lowest BCUT2D eigenvalue weighted by Crippen LogP contribution is -2.68. The van der Waals surface area contributed by atoms with Crippen LogP contribution in [-0.4, -0.2) is 38.1 Å². The van der Waals surface area contributed by atoms with Crippen LogP contribution in [0.5, 0.6) is 0 Å². The Morgan fingerprint density at radius 1 is 1.40 bits per heavy atom. The topological polar surface area (TPSA) is 67.2 Å². The molecule has 2 heterocycles. The number of amides is 2. The van der Waals surface area contributed by atoms with Gasteiger partial charge in [-0.25, -0.2) is 0 Å². The minimum Gasteiger partial charge on any atom is -0.343 e. The zero-order valence-corrected chi connectivity index (χ0v) is 11.9. The Morgan fingerprint density at radius 3 is 2.70 bits per heavy atom. The van der Waals surface area contributed by atoms with Crippen LogP contribution in [0.2, 0.25) is 0 Å². The van der Waals surface area contributed by atoms with Crippen molar-refractivity contribution in [3.63, 3.8) is 0 Å². The summed E-state index contributed by atoms with van der Waals surface area (Å²) >= 11 is 0. The zero-order chi connectivity index (χ0) is 14.3. The van der Waals surface area contributed by atoms with Gasteiger partial charge < -0.3 is 10.2 Å². The van der Waals surface area contributed by atoms with E-state index in [0.717, 1.165) is 31.4 Å². The number of hydrogen-bond donors (Lipinski definition) is 1.